The molecule has 60 valence electrons. The van der Waals surface area contributed by atoms with E-state index in [4.69, 9.17) is 5.11 Å². The van der Waals surface area contributed by atoms with E-state index in [2.05, 4.69) is 14.3 Å². The van der Waals surface area contributed by atoms with Crippen LogP contribution in [0.25, 0.3) is 0 Å². The van der Waals surface area contributed by atoms with Gasteiger partial charge in [-0.2, -0.15) is 0 Å². The average Bonchev–Trinajstić information content (AvgIpc) is 2.50. The number of esters is 1. The van der Waals surface area contributed by atoms with Gasteiger partial charge in [0.1, 0.15) is 5.69 Å². The summed E-state index contributed by atoms with van der Waals surface area (Å²) in [4.78, 5) is 11.1. The molecule has 11 heavy (non-hydrogen) atoms. The number of nitrogens with zero attached hydrogens (tertiary/aromatic N) is 2. The predicted molar refractivity (Wildman–Crippen MR) is 37.2 cm³/mol. The van der Waals surface area contributed by atoms with Crippen LogP contribution in [0.4, 0.5) is 0 Å². The lowest BCUT2D eigenvalue weighted by atomic mass is 10.4. The fraction of sp³-hybridized carbons (Fsp3) is 0.400. The molecule has 0 saturated heterocycles. The predicted octanol–water partition coefficient (Wildman–Crippen LogP) is -0.183. The zero-order valence-electron chi connectivity index (χ0n) is 5.77. The highest BCUT2D eigenvalue weighted by Gasteiger charge is 2.15. The minimum Gasteiger partial charge on any atom is -0.465 e. The van der Waals surface area contributed by atoms with Gasteiger partial charge in [0.2, 0.25) is 0 Å². The Bertz CT molecular complexity index is 260. The van der Waals surface area contributed by atoms with E-state index in [-0.39, 0.29) is 17.2 Å². The average molecular weight is 174 g/mol. The number of aliphatic hydroxyl groups is 1. The van der Waals surface area contributed by atoms with Gasteiger partial charge in [0.15, 0.2) is 4.88 Å². The van der Waals surface area contributed by atoms with Crippen molar-refractivity contribution in [3.63, 3.8) is 0 Å². The van der Waals surface area contributed by atoms with Gasteiger partial charge in [0.25, 0.3) is 0 Å². The van der Waals surface area contributed by atoms with Crippen molar-refractivity contribution in [3.05, 3.63) is 10.6 Å². The number of ether oxygens (including phenoxy) is 1. The summed E-state index contributed by atoms with van der Waals surface area (Å²) in [7, 11) is 1.27. The summed E-state index contributed by atoms with van der Waals surface area (Å²) < 4.78 is 7.91. The van der Waals surface area contributed by atoms with E-state index < -0.39 is 5.97 Å². The number of methoxy groups -OCH3 is 1. The zero-order chi connectivity index (χ0) is 8.27. The van der Waals surface area contributed by atoms with Crippen molar-refractivity contribution in [1.82, 2.24) is 9.59 Å². The van der Waals surface area contributed by atoms with Gasteiger partial charge in [-0.25, -0.2) is 4.79 Å². The third-order valence-electron chi connectivity index (χ3n) is 1.08. The van der Waals surface area contributed by atoms with E-state index in [1.54, 1.807) is 0 Å². The molecule has 0 aliphatic heterocycles. The molecule has 1 aromatic rings. The molecule has 1 aromatic heterocycles. The number of aromatic nitrogens is 2. The van der Waals surface area contributed by atoms with Crippen molar-refractivity contribution in [1.29, 1.82) is 0 Å². The third kappa shape index (κ3) is 1.52. The largest absolute Gasteiger partial charge is 0.465 e. The van der Waals surface area contributed by atoms with Crippen LogP contribution in [-0.2, 0) is 11.3 Å². The number of hydrogen-bond acceptors (Lipinski definition) is 6. The first-order valence-electron chi connectivity index (χ1n) is 2.80. The van der Waals surface area contributed by atoms with Gasteiger partial charge in [-0.3, -0.25) is 0 Å². The Morgan fingerprint density at radius 2 is 2.55 bits per heavy atom. The van der Waals surface area contributed by atoms with Crippen molar-refractivity contribution in [2.75, 3.05) is 7.11 Å². The molecule has 5 nitrogen and oxygen atoms in total. The maximum atomic E-state index is 10.9. The van der Waals surface area contributed by atoms with Crippen LogP contribution < -0.4 is 0 Å². The fourth-order valence-electron chi connectivity index (χ4n) is 0.560. The van der Waals surface area contributed by atoms with Gasteiger partial charge in [0, 0.05) is 0 Å². The number of carbonyl (C=O) groups is 1. The third-order valence-corrected chi connectivity index (χ3v) is 1.82. The first-order chi connectivity index (χ1) is 5.29. The van der Waals surface area contributed by atoms with E-state index >= 15 is 0 Å². The zero-order valence-corrected chi connectivity index (χ0v) is 6.59. The van der Waals surface area contributed by atoms with Gasteiger partial charge in [-0.1, -0.05) is 4.49 Å². The molecule has 0 radical (unpaired) electrons. The van der Waals surface area contributed by atoms with Crippen LogP contribution in [-0.4, -0.2) is 27.8 Å². The Kier molecular flexibility index (Phi) is 2.50. The highest BCUT2D eigenvalue weighted by atomic mass is 32.1. The number of rotatable bonds is 2. The summed E-state index contributed by atoms with van der Waals surface area (Å²) in [6.45, 7) is -0.291. The first-order valence-corrected chi connectivity index (χ1v) is 3.57. The molecule has 0 aliphatic rings. The number of aliphatic hydroxyl groups excluding tert-OH is 1. The molecule has 0 bridgehead atoms. The van der Waals surface area contributed by atoms with Crippen molar-refractivity contribution in [2.24, 2.45) is 0 Å². The van der Waals surface area contributed by atoms with Crippen molar-refractivity contribution in [2.45, 2.75) is 6.61 Å². The second-order valence-electron chi connectivity index (χ2n) is 1.70. The van der Waals surface area contributed by atoms with Gasteiger partial charge >= 0.3 is 5.97 Å². The maximum Gasteiger partial charge on any atom is 0.351 e. The summed E-state index contributed by atoms with van der Waals surface area (Å²) in [5.74, 6) is -0.510. The summed E-state index contributed by atoms with van der Waals surface area (Å²) in [6, 6.07) is 0. The molecule has 0 aromatic carbocycles. The van der Waals surface area contributed by atoms with Crippen molar-refractivity contribution in [3.8, 4) is 0 Å². The topological polar surface area (TPSA) is 72.3 Å². The minimum absolute atomic E-state index is 0.259. The maximum absolute atomic E-state index is 10.9. The molecule has 0 amide bonds. The highest BCUT2D eigenvalue weighted by molar-refractivity contribution is 7.07. The molecular formula is C5H6N2O3S. The Hall–Kier alpha value is -1.01. The molecule has 1 N–H and O–H groups in total. The Morgan fingerprint density at radius 3 is 3.09 bits per heavy atom. The molecule has 0 unspecified atom stereocenters. The van der Waals surface area contributed by atoms with Crippen LogP contribution in [0, 0.1) is 0 Å². The second-order valence-corrected chi connectivity index (χ2v) is 2.45. The van der Waals surface area contributed by atoms with Crippen LogP contribution in [0.2, 0.25) is 0 Å². The van der Waals surface area contributed by atoms with E-state index in [0.717, 1.165) is 11.5 Å². The van der Waals surface area contributed by atoms with Gasteiger partial charge < -0.3 is 9.84 Å². The van der Waals surface area contributed by atoms with Crippen molar-refractivity contribution >= 4 is 17.5 Å². The van der Waals surface area contributed by atoms with E-state index in [1.807, 2.05) is 0 Å². The lowest BCUT2D eigenvalue weighted by Crippen LogP contribution is -2.02. The summed E-state index contributed by atoms with van der Waals surface area (Å²) >= 11 is 0.911. The Morgan fingerprint density at radius 1 is 1.82 bits per heavy atom. The molecule has 1 heterocycles. The monoisotopic (exact) mass is 174 g/mol. The lowest BCUT2D eigenvalue weighted by molar-refractivity contribution is 0.0602. The fourth-order valence-corrected chi connectivity index (χ4v) is 1.15. The molecule has 6 heteroatoms. The SMILES string of the molecule is COC(=O)c1snnc1CO. The standard InChI is InChI=1S/C5H6N2O3S/c1-10-5(9)4-3(2-8)6-7-11-4/h8H,2H2,1H3. The summed E-state index contributed by atoms with van der Waals surface area (Å²) in [5.41, 5.74) is 0.266. The van der Waals surface area contributed by atoms with Crippen LogP contribution in [0.3, 0.4) is 0 Å². The molecule has 0 aliphatic carbocycles. The molecule has 1 rings (SSSR count). The first kappa shape index (κ1) is 8.09. The summed E-state index contributed by atoms with van der Waals surface area (Å²) in [6.07, 6.45) is 0. The summed E-state index contributed by atoms with van der Waals surface area (Å²) in [5, 5.41) is 12.2. The Balaban J connectivity index is 2.92. The smallest absolute Gasteiger partial charge is 0.351 e. The van der Waals surface area contributed by atoms with Gasteiger partial charge in [-0.15, -0.1) is 5.10 Å². The lowest BCUT2D eigenvalue weighted by Gasteiger charge is -1.93. The van der Waals surface area contributed by atoms with E-state index in [1.165, 1.54) is 7.11 Å². The molecule has 0 saturated carbocycles. The van der Waals surface area contributed by atoms with Gasteiger partial charge in [0.05, 0.1) is 13.7 Å². The molecular weight excluding hydrogens is 168 g/mol. The minimum atomic E-state index is -0.510. The molecule has 0 fully saturated rings. The van der Waals surface area contributed by atoms with Crippen LogP contribution in [0.5, 0.6) is 0 Å². The van der Waals surface area contributed by atoms with E-state index in [0.29, 0.717) is 0 Å². The van der Waals surface area contributed by atoms with Crippen molar-refractivity contribution < 1.29 is 14.6 Å². The number of carbonyl (C=O) groups excluding carboxylic acids is 1. The highest BCUT2D eigenvalue weighted by Crippen LogP contribution is 2.10. The van der Waals surface area contributed by atoms with Gasteiger partial charge in [-0.05, 0) is 11.5 Å². The molecule has 0 atom stereocenters. The van der Waals surface area contributed by atoms with Crippen LogP contribution in [0.1, 0.15) is 15.4 Å². The number of hydrogen-bond donors (Lipinski definition) is 1. The Labute approximate surface area is 66.8 Å². The van der Waals surface area contributed by atoms with E-state index in [9.17, 15) is 4.79 Å². The van der Waals surface area contributed by atoms with Crippen LogP contribution in [0.15, 0.2) is 0 Å². The second kappa shape index (κ2) is 3.40. The molecule has 0 spiro atoms. The van der Waals surface area contributed by atoms with Crippen LogP contribution >= 0.6 is 11.5 Å². The normalized spacial score (nSPS) is 9.64. The quantitative estimate of drug-likeness (QED) is 0.629.